The molecule has 26 heavy (non-hydrogen) atoms. The van der Waals surface area contributed by atoms with Gasteiger partial charge in [-0.1, -0.05) is 11.6 Å². The maximum Gasteiger partial charge on any atom is 0.405 e. The molecule has 2 aromatic heterocycles. The van der Waals surface area contributed by atoms with Crippen molar-refractivity contribution in [1.29, 1.82) is 0 Å². The first-order chi connectivity index (χ1) is 12.3. The zero-order valence-electron chi connectivity index (χ0n) is 13.8. The smallest absolute Gasteiger partial charge is 0.405 e. The molecular weight excluding hydrogens is 363 g/mol. The molecule has 0 aliphatic heterocycles. The zero-order chi connectivity index (χ0) is 19.0. The van der Waals surface area contributed by atoms with Crippen LogP contribution in [0.5, 0.6) is 0 Å². The average molecular weight is 377 g/mol. The quantitative estimate of drug-likeness (QED) is 0.731. The van der Waals surface area contributed by atoms with Gasteiger partial charge in [0.15, 0.2) is 0 Å². The fourth-order valence-electron chi connectivity index (χ4n) is 2.69. The number of pyridine rings is 1. The number of carboxylic acid groups (broad SMARTS) is 1. The van der Waals surface area contributed by atoms with Crippen LogP contribution in [0.15, 0.2) is 35.4 Å². The minimum Gasteiger partial charge on any atom is -0.465 e. The monoisotopic (exact) mass is 376 g/mol. The Kier molecular flexibility index (Phi) is 4.60. The predicted octanol–water partition coefficient (Wildman–Crippen LogP) is 3.21. The number of aryl methyl sites for hydroxylation is 1. The zero-order valence-corrected chi connectivity index (χ0v) is 14.6. The molecule has 2 heterocycles. The van der Waals surface area contributed by atoms with Crippen molar-refractivity contribution < 1.29 is 14.3 Å². The number of carbonyl (C=O) groups is 1. The molecule has 0 bridgehead atoms. The Hall–Kier alpha value is -3.00. The molecule has 0 aliphatic rings. The van der Waals surface area contributed by atoms with E-state index in [4.69, 9.17) is 16.7 Å². The molecular formula is C17H14ClFN4O3. The van der Waals surface area contributed by atoms with Gasteiger partial charge in [-0.2, -0.15) is 0 Å². The summed E-state index contributed by atoms with van der Waals surface area (Å²) >= 11 is 6.10. The van der Waals surface area contributed by atoms with Crippen LogP contribution in [0.25, 0.3) is 16.6 Å². The van der Waals surface area contributed by atoms with Gasteiger partial charge in [0.05, 0.1) is 28.3 Å². The van der Waals surface area contributed by atoms with Gasteiger partial charge in [0.1, 0.15) is 17.2 Å². The van der Waals surface area contributed by atoms with E-state index in [0.29, 0.717) is 5.69 Å². The lowest BCUT2D eigenvalue weighted by Crippen LogP contribution is -2.32. The van der Waals surface area contributed by atoms with Gasteiger partial charge in [-0.05, 0) is 37.6 Å². The van der Waals surface area contributed by atoms with Gasteiger partial charge >= 0.3 is 6.09 Å². The molecule has 0 fully saturated rings. The third-order valence-electron chi connectivity index (χ3n) is 3.80. The van der Waals surface area contributed by atoms with E-state index in [2.05, 4.69) is 15.3 Å². The second-order valence-electron chi connectivity index (χ2n) is 5.76. The molecule has 0 unspecified atom stereocenters. The molecule has 0 saturated carbocycles. The van der Waals surface area contributed by atoms with Gasteiger partial charge in [0.2, 0.25) is 0 Å². The largest absolute Gasteiger partial charge is 0.465 e. The molecule has 0 saturated heterocycles. The van der Waals surface area contributed by atoms with Crippen molar-refractivity contribution in [1.82, 2.24) is 19.9 Å². The molecule has 1 aromatic carbocycles. The SMILES string of the molecule is Cc1cncc(-n2c([C@H](C)NC(=O)O)nc3c(F)ccc(Cl)c3c2=O)c1. The summed E-state index contributed by atoms with van der Waals surface area (Å²) in [6, 6.07) is 3.18. The summed E-state index contributed by atoms with van der Waals surface area (Å²) in [6.07, 6.45) is 1.74. The molecule has 2 N–H and O–H groups in total. The summed E-state index contributed by atoms with van der Waals surface area (Å²) in [7, 11) is 0. The summed E-state index contributed by atoms with van der Waals surface area (Å²) in [4.78, 5) is 32.4. The molecule has 0 radical (unpaired) electrons. The maximum atomic E-state index is 14.2. The molecule has 0 aliphatic carbocycles. The van der Waals surface area contributed by atoms with Crippen molar-refractivity contribution in [3.05, 3.63) is 63.2 Å². The summed E-state index contributed by atoms with van der Waals surface area (Å²) < 4.78 is 15.4. The molecule has 1 atom stereocenters. The molecule has 9 heteroatoms. The number of amides is 1. The Morgan fingerprint density at radius 2 is 2.12 bits per heavy atom. The number of hydrogen-bond donors (Lipinski definition) is 2. The Morgan fingerprint density at radius 1 is 1.38 bits per heavy atom. The Bertz CT molecular complexity index is 1080. The summed E-state index contributed by atoms with van der Waals surface area (Å²) in [5, 5.41) is 11.2. The number of rotatable bonds is 3. The third-order valence-corrected chi connectivity index (χ3v) is 4.11. The summed E-state index contributed by atoms with van der Waals surface area (Å²) in [5.41, 5.74) is 0.331. The Morgan fingerprint density at radius 3 is 2.77 bits per heavy atom. The van der Waals surface area contributed by atoms with E-state index < -0.39 is 23.5 Å². The van der Waals surface area contributed by atoms with Gasteiger partial charge in [-0.15, -0.1) is 0 Å². The van der Waals surface area contributed by atoms with Crippen molar-refractivity contribution in [2.24, 2.45) is 0 Å². The van der Waals surface area contributed by atoms with E-state index in [0.717, 1.165) is 11.6 Å². The minimum absolute atomic E-state index is 0.0264. The maximum absolute atomic E-state index is 14.2. The number of hydrogen-bond acceptors (Lipinski definition) is 4. The van der Waals surface area contributed by atoms with Gasteiger partial charge in [-0.25, -0.2) is 14.2 Å². The van der Waals surface area contributed by atoms with Crippen LogP contribution < -0.4 is 10.9 Å². The summed E-state index contributed by atoms with van der Waals surface area (Å²) in [5.74, 6) is -0.696. The lowest BCUT2D eigenvalue weighted by Gasteiger charge is -2.19. The highest BCUT2D eigenvalue weighted by Gasteiger charge is 2.22. The second-order valence-corrected chi connectivity index (χ2v) is 6.16. The molecule has 3 aromatic rings. The standard InChI is InChI=1S/C17H14ClFN4O3/c1-8-5-10(7-20-6-8)23-15(9(2)21-17(25)26)22-14-12(19)4-3-11(18)13(14)16(23)24/h3-7,9,21H,1-2H3,(H,25,26)/t9-/m0/s1. The highest BCUT2D eigenvalue weighted by molar-refractivity contribution is 6.35. The van der Waals surface area contributed by atoms with E-state index in [-0.39, 0.29) is 21.7 Å². The topological polar surface area (TPSA) is 97.1 Å². The third kappa shape index (κ3) is 3.11. The van der Waals surface area contributed by atoms with Crippen molar-refractivity contribution in [3.8, 4) is 5.69 Å². The molecule has 3 rings (SSSR count). The predicted molar refractivity (Wildman–Crippen MR) is 94.4 cm³/mol. The normalized spacial score (nSPS) is 12.2. The first kappa shape index (κ1) is 17.8. The summed E-state index contributed by atoms with van der Waals surface area (Å²) in [6.45, 7) is 3.30. The minimum atomic E-state index is -1.30. The van der Waals surface area contributed by atoms with Crippen LogP contribution >= 0.6 is 11.6 Å². The van der Waals surface area contributed by atoms with Gasteiger partial charge < -0.3 is 10.4 Å². The van der Waals surface area contributed by atoms with E-state index >= 15 is 0 Å². The Labute approximate surface area is 152 Å². The first-order valence-corrected chi connectivity index (χ1v) is 7.99. The van der Waals surface area contributed by atoms with Crippen molar-refractivity contribution in [3.63, 3.8) is 0 Å². The number of fused-ring (bicyclic) bond motifs is 1. The van der Waals surface area contributed by atoms with Gasteiger partial charge in [0.25, 0.3) is 5.56 Å². The highest BCUT2D eigenvalue weighted by atomic mass is 35.5. The van der Waals surface area contributed by atoms with Crippen LogP contribution in [-0.2, 0) is 0 Å². The fourth-order valence-corrected chi connectivity index (χ4v) is 2.92. The number of halogens is 2. The van der Waals surface area contributed by atoms with Crippen LogP contribution in [0, 0.1) is 12.7 Å². The van der Waals surface area contributed by atoms with Crippen LogP contribution in [0.2, 0.25) is 5.02 Å². The lowest BCUT2D eigenvalue weighted by molar-refractivity contribution is 0.190. The molecule has 1 amide bonds. The molecule has 7 nitrogen and oxygen atoms in total. The Balaban J connectivity index is 2.43. The number of aromatic nitrogens is 3. The van der Waals surface area contributed by atoms with Crippen LogP contribution in [0.1, 0.15) is 24.4 Å². The lowest BCUT2D eigenvalue weighted by atomic mass is 10.2. The highest BCUT2D eigenvalue weighted by Crippen LogP contribution is 2.25. The van der Waals surface area contributed by atoms with Crippen molar-refractivity contribution >= 4 is 28.6 Å². The van der Waals surface area contributed by atoms with E-state index in [9.17, 15) is 14.0 Å². The van der Waals surface area contributed by atoms with Gasteiger partial charge in [-0.3, -0.25) is 14.3 Å². The second kappa shape index (κ2) is 6.72. The van der Waals surface area contributed by atoms with Crippen LogP contribution in [-0.4, -0.2) is 25.7 Å². The number of benzene rings is 1. The van der Waals surface area contributed by atoms with E-state index in [1.54, 1.807) is 19.2 Å². The number of nitrogens with zero attached hydrogens (tertiary/aromatic N) is 3. The van der Waals surface area contributed by atoms with Crippen LogP contribution in [0.4, 0.5) is 9.18 Å². The average Bonchev–Trinajstić information content (AvgIpc) is 2.57. The molecule has 0 spiro atoms. The van der Waals surface area contributed by atoms with Crippen LogP contribution in [0.3, 0.4) is 0 Å². The molecule has 134 valence electrons. The van der Waals surface area contributed by atoms with Crippen molar-refractivity contribution in [2.75, 3.05) is 0 Å². The van der Waals surface area contributed by atoms with Crippen molar-refractivity contribution in [2.45, 2.75) is 19.9 Å². The first-order valence-electron chi connectivity index (χ1n) is 7.61. The fraction of sp³-hybridized carbons (Fsp3) is 0.176. The van der Waals surface area contributed by atoms with E-state index in [1.165, 1.54) is 23.8 Å². The van der Waals surface area contributed by atoms with E-state index in [1.807, 2.05) is 0 Å². The van der Waals surface area contributed by atoms with Gasteiger partial charge in [0, 0.05) is 6.20 Å². The number of nitrogens with one attached hydrogen (secondary N) is 1.